The van der Waals surface area contributed by atoms with Gasteiger partial charge in [-0.3, -0.25) is 9.59 Å². The van der Waals surface area contributed by atoms with Gasteiger partial charge in [-0.25, -0.2) is 14.4 Å². The van der Waals surface area contributed by atoms with Gasteiger partial charge in [0.2, 0.25) is 0 Å². The molecule has 0 fully saturated rings. The fraction of sp³-hybridized carbons (Fsp3) is 0.214. The van der Waals surface area contributed by atoms with Gasteiger partial charge in [-0.2, -0.15) is 13.2 Å². The van der Waals surface area contributed by atoms with Gasteiger partial charge in [0.1, 0.15) is 5.82 Å². The predicted octanol–water partition coefficient (Wildman–Crippen LogP) is 6.92. The van der Waals surface area contributed by atoms with Crippen molar-refractivity contribution < 1.29 is 32.3 Å². The minimum Gasteiger partial charge on any atom is -0.481 e. The summed E-state index contributed by atoms with van der Waals surface area (Å²) in [6.07, 6.45) is -3.50. The van der Waals surface area contributed by atoms with E-state index >= 15 is 0 Å². The third-order valence-corrected chi connectivity index (χ3v) is 6.23. The summed E-state index contributed by atoms with van der Waals surface area (Å²) in [4.78, 5) is 33.1. The maximum atomic E-state index is 13.7. The van der Waals surface area contributed by atoms with Crippen molar-refractivity contribution in [3.8, 4) is 11.3 Å². The van der Waals surface area contributed by atoms with Crippen LogP contribution in [0.1, 0.15) is 46.9 Å². The summed E-state index contributed by atoms with van der Waals surface area (Å²) in [6, 6.07) is 12.5. The van der Waals surface area contributed by atoms with Crippen LogP contribution in [0.5, 0.6) is 0 Å². The zero-order valence-electron chi connectivity index (χ0n) is 20.3. The van der Waals surface area contributed by atoms with Gasteiger partial charge in [-0.1, -0.05) is 35.9 Å². The first-order valence-electron chi connectivity index (χ1n) is 11.9. The normalized spacial score (nSPS) is 12.3. The number of aryl methyl sites for hydroxylation is 1. The number of benzene rings is 3. The summed E-state index contributed by atoms with van der Waals surface area (Å²) in [5.41, 5.74) is 2.16. The van der Waals surface area contributed by atoms with Crippen molar-refractivity contribution in [2.75, 3.05) is 0 Å². The number of carbonyl (C=O) groups is 2. The van der Waals surface area contributed by atoms with Crippen molar-refractivity contribution in [2.24, 2.45) is 0 Å². The minimum absolute atomic E-state index is 0.00393. The molecule has 0 spiro atoms. The van der Waals surface area contributed by atoms with Crippen LogP contribution in [0, 0.1) is 5.82 Å². The van der Waals surface area contributed by atoms with E-state index in [1.54, 1.807) is 24.3 Å². The molecule has 0 aliphatic heterocycles. The first kappa shape index (κ1) is 28.0. The number of hydrogen-bond donors (Lipinski definition) is 2. The molecule has 11 heteroatoms. The molecular weight excluding hydrogens is 538 g/mol. The molecule has 1 atom stereocenters. The van der Waals surface area contributed by atoms with Crippen LogP contribution in [0.2, 0.25) is 5.02 Å². The van der Waals surface area contributed by atoms with Gasteiger partial charge < -0.3 is 10.4 Å². The zero-order valence-corrected chi connectivity index (χ0v) is 21.1. The molecule has 0 aliphatic carbocycles. The number of aliphatic carboxylic acids is 1. The molecule has 4 aromatic rings. The van der Waals surface area contributed by atoms with Crippen LogP contribution in [-0.4, -0.2) is 33.1 Å². The molecule has 202 valence electrons. The molecule has 4 rings (SSSR count). The van der Waals surface area contributed by atoms with E-state index in [9.17, 15) is 27.2 Å². The topological polar surface area (TPSA) is 92.2 Å². The van der Waals surface area contributed by atoms with E-state index in [1.165, 1.54) is 18.2 Å². The van der Waals surface area contributed by atoms with Crippen molar-refractivity contribution >= 4 is 34.5 Å². The lowest BCUT2D eigenvalue weighted by Crippen LogP contribution is -2.38. The number of hydrogen-bond acceptors (Lipinski definition) is 4. The molecule has 0 unspecified atom stereocenters. The maximum Gasteiger partial charge on any atom is 0.412 e. The lowest BCUT2D eigenvalue weighted by atomic mass is 10.0. The number of alkyl halides is 3. The van der Waals surface area contributed by atoms with Crippen molar-refractivity contribution in [3.63, 3.8) is 0 Å². The van der Waals surface area contributed by atoms with Gasteiger partial charge in [0.15, 0.2) is 6.04 Å². The number of carboxylic acids is 1. The van der Waals surface area contributed by atoms with Crippen molar-refractivity contribution in [2.45, 2.75) is 37.9 Å². The van der Waals surface area contributed by atoms with E-state index in [2.05, 4.69) is 9.97 Å². The fourth-order valence-electron chi connectivity index (χ4n) is 4.04. The summed E-state index contributed by atoms with van der Waals surface area (Å²) in [6.45, 7) is 0. The number of unbranched alkanes of at least 4 members (excludes halogenated alkanes) is 1. The molecule has 6 nitrogen and oxygen atoms in total. The third-order valence-electron chi connectivity index (χ3n) is 5.98. The van der Waals surface area contributed by atoms with Gasteiger partial charge in [-0.15, -0.1) is 0 Å². The van der Waals surface area contributed by atoms with Crippen LogP contribution in [0.15, 0.2) is 66.7 Å². The monoisotopic (exact) mass is 559 g/mol. The average molecular weight is 560 g/mol. The fourth-order valence-corrected chi connectivity index (χ4v) is 4.16. The number of aromatic nitrogens is 2. The molecule has 0 radical (unpaired) electrons. The molecule has 39 heavy (non-hydrogen) atoms. The Kier molecular flexibility index (Phi) is 8.44. The van der Waals surface area contributed by atoms with Crippen molar-refractivity contribution in [1.82, 2.24) is 15.3 Å². The van der Waals surface area contributed by atoms with Crippen molar-refractivity contribution in [3.05, 3.63) is 94.4 Å². The lowest BCUT2D eigenvalue weighted by Gasteiger charge is -2.22. The van der Waals surface area contributed by atoms with E-state index in [1.807, 2.05) is 5.32 Å². The molecule has 0 bridgehead atoms. The third kappa shape index (κ3) is 7.08. The number of nitrogens with one attached hydrogen (secondary N) is 1. The van der Waals surface area contributed by atoms with Gasteiger partial charge >= 0.3 is 12.1 Å². The number of amides is 1. The van der Waals surface area contributed by atoms with Gasteiger partial charge in [0, 0.05) is 22.6 Å². The second-order valence-corrected chi connectivity index (χ2v) is 9.27. The van der Waals surface area contributed by atoms with E-state index < -0.39 is 29.9 Å². The quantitative estimate of drug-likeness (QED) is 0.171. The van der Waals surface area contributed by atoms with Crippen LogP contribution in [0.25, 0.3) is 22.3 Å². The second kappa shape index (κ2) is 11.8. The van der Waals surface area contributed by atoms with Gasteiger partial charge in [-0.05, 0) is 67.3 Å². The van der Waals surface area contributed by atoms with Crippen LogP contribution >= 0.6 is 11.6 Å². The number of carboxylic acid groups (broad SMARTS) is 1. The molecule has 0 saturated carbocycles. The summed E-state index contributed by atoms with van der Waals surface area (Å²) in [7, 11) is 0. The van der Waals surface area contributed by atoms with Gasteiger partial charge in [0.05, 0.1) is 22.4 Å². The maximum absolute atomic E-state index is 13.7. The predicted molar refractivity (Wildman–Crippen MR) is 138 cm³/mol. The SMILES string of the molecule is O=C(O)CCCCc1nc2cc(C(=O)N[C@@H](c3ccc(F)cc3)C(F)(F)F)ccc2nc1-c1ccc(Cl)cc1. The van der Waals surface area contributed by atoms with E-state index in [0.29, 0.717) is 46.7 Å². The Morgan fingerprint density at radius 3 is 2.26 bits per heavy atom. The molecule has 0 saturated heterocycles. The number of fused-ring (bicyclic) bond motifs is 1. The minimum atomic E-state index is -4.82. The Hall–Kier alpha value is -4.05. The van der Waals surface area contributed by atoms with Gasteiger partial charge in [0.25, 0.3) is 5.91 Å². The van der Waals surface area contributed by atoms with Crippen LogP contribution in [0.3, 0.4) is 0 Å². The second-order valence-electron chi connectivity index (χ2n) is 8.83. The molecular formula is C28H22ClF4N3O3. The van der Waals surface area contributed by atoms with Crippen LogP contribution in [0.4, 0.5) is 17.6 Å². The standard InChI is InChI=1S/C28H22ClF4N3O3/c29-19-10-5-16(6-11-19)25-22(3-1-2-4-24(37)38)34-23-15-18(9-14-21(23)35-25)27(39)36-26(28(31,32)33)17-7-12-20(30)13-8-17/h5-15,26H,1-4H2,(H,36,39)(H,37,38)/t26-/m0/s1. The summed E-state index contributed by atoms with van der Waals surface area (Å²) >= 11 is 6.01. The highest BCUT2D eigenvalue weighted by molar-refractivity contribution is 6.30. The number of halogens is 5. The highest BCUT2D eigenvalue weighted by atomic mass is 35.5. The molecule has 1 aromatic heterocycles. The highest BCUT2D eigenvalue weighted by Crippen LogP contribution is 2.33. The Balaban J connectivity index is 1.66. The highest BCUT2D eigenvalue weighted by Gasteiger charge is 2.42. The van der Waals surface area contributed by atoms with E-state index in [0.717, 1.165) is 29.8 Å². The summed E-state index contributed by atoms with van der Waals surface area (Å²) < 4.78 is 54.5. The summed E-state index contributed by atoms with van der Waals surface area (Å²) in [5, 5.41) is 11.4. The van der Waals surface area contributed by atoms with Crippen LogP contribution < -0.4 is 5.32 Å². The molecule has 2 N–H and O–H groups in total. The molecule has 1 heterocycles. The zero-order chi connectivity index (χ0) is 28.2. The Bertz CT molecular complexity index is 1490. The largest absolute Gasteiger partial charge is 0.481 e. The Morgan fingerprint density at radius 1 is 0.923 bits per heavy atom. The number of nitrogens with zero attached hydrogens (tertiary/aromatic N) is 2. The Labute approximate surface area is 225 Å². The lowest BCUT2D eigenvalue weighted by molar-refractivity contribution is -0.155. The first-order chi connectivity index (χ1) is 18.5. The van der Waals surface area contributed by atoms with Crippen LogP contribution in [-0.2, 0) is 11.2 Å². The average Bonchev–Trinajstić information content (AvgIpc) is 2.89. The van der Waals surface area contributed by atoms with E-state index in [-0.39, 0.29) is 17.5 Å². The first-order valence-corrected chi connectivity index (χ1v) is 12.3. The number of carbonyl (C=O) groups excluding carboxylic acids is 1. The smallest absolute Gasteiger partial charge is 0.412 e. The Morgan fingerprint density at radius 2 is 1.62 bits per heavy atom. The molecule has 3 aromatic carbocycles. The number of rotatable bonds is 9. The van der Waals surface area contributed by atoms with Crippen molar-refractivity contribution in [1.29, 1.82) is 0 Å². The summed E-state index contributed by atoms with van der Waals surface area (Å²) in [5.74, 6) is -2.60. The van der Waals surface area contributed by atoms with E-state index in [4.69, 9.17) is 16.7 Å². The molecule has 1 amide bonds. The molecule has 0 aliphatic rings.